The van der Waals surface area contributed by atoms with Crippen LogP contribution in [0.15, 0.2) is 53.1 Å². The number of carbonyl (C=O) groups is 2. The van der Waals surface area contributed by atoms with Gasteiger partial charge in [-0.3, -0.25) is 9.69 Å². The van der Waals surface area contributed by atoms with Crippen molar-refractivity contribution in [2.45, 2.75) is 19.8 Å². The van der Waals surface area contributed by atoms with Crippen LogP contribution in [-0.4, -0.2) is 61.0 Å². The van der Waals surface area contributed by atoms with Crippen LogP contribution >= 0.6 is 0 Å². The van der Waals surface area contributed by atoms with E-state index in [0.29, 0.717) is 29.7 Å². The molecule has 0 bridgehead atoms. The zero-order chi connectivity index (χ0) is 25.1. The highest BCUT2D eigenvalue weighted by molar-refractivity contribution is 6.08. The van der Waals surface area contributed by atoms with Crippen LogP contribution in [0.2, 0.25) is 0 Å². The quantitative estimate of drug-likeness (QED) is 0.284. The standard InChI is InChI=1S/C28H28N4O4/c1-2-35-28(34)27-16-20-15-21(6-8-26(20)36-27)32-12-10-31(11-13-32)9-3-4-25(33)23-18-30-24-7-5-19(17-29)14-22(23)24/h5-8,14-16,18,30H,2-4,9-13H2,1H3. The lowest BCUT2D eigenvalue weighted by Crippen LogP contribution is -2.46. The maximum absolute atomic E-state index is 12.8. The summed E-state index contributed by atoms with van der Waals surface area (Å²) in [6, 6.07) is 15.2. The SMILES string of the molecule is CCOC(=O)c1cc2cc(N3CCN(CCCC(=O)c4c[nH]c5ccc(C#N)cc45)CC3)ccc2o1. The van der Waals surface area contributed by atoms with E-state index < -0.39 is 5.97 Å². The molecule has 8 heteroatoms. The second-order valence-corrected chi connectivity index (χ2v) is 8.98. The third kappa shape index (κ3) is 4.83. The lowest BCUT2D eigenvalue weighted by molar-refractivity contribution is 0.0492. The predicted octanol–water partition coefficient (Wildman–Crippen LogP) is 4.75. The maximum Gasteiger partial charge on any atom is 0.374 e. The Morgan fingerprint density at radius 3 is 2.72 bits per heavy atom. The van der Waals surface area contributed by atoms with Gasteiger partial charge < -0.3 is 19.0 Å². The highest BCUT2D eigenvalue weighted by atomic mass is 16.5. The minimum Gasteiger partial charge on any atom is -0.460 e. The molecular weight excluding hydrogens is 456 g/mol. The first-order valence-electron chi connectivity index (χ1n) is 12.3. The number of furan rings is 1. The van der Waals surface area contributed by atoms with Crippen LogP contribution in [0.5, 0.6) is 0 Å². The lowest BCUT2D eigenvalue weighted by Gasteiger charge is -2.36. The number of ketones is 1. The second-order valence-electron chi connectivity index (χ2n) is 8.98. The zero-order valence-electron chi connectivity index (χ0n) is 20.3. The summed E-state index contributed by atoms with van der Waals surface area (Å²) in [5.41, 5.74) is 3.86. The number of hydrogen-bond donors (Lipinski definition) is 1. The molecule has 0 spiro atoms. The third-order valence-electron chi connectivity index (χ3n) is 6.70. The molecule has 184 valence electrons. The first-order valence-corrected chi connectivity index (χ1v) is 12.3. The van der Waals surface area contributed by atoms with Gasteiger partial charge in [0.1, 0.15) is 5.58 Å². The first-order chi connectivity index (χ1) is 17.6. The van der Waals surface area contributed by atoms with E-state index in [-0.39, 0.29) is 11.5 Å². The summed E-state index contributed by atoms with van der Waals surface area (Å²) in [6.45, 7) is 6.57. The molecule has 2 aromatic carbocycles. The molecule has 0 saturated carbocycles. The number of fused-ring (bicyclic) bond motifs is 2. The van der Waals surface area contributed by atoms with Crippen LogP contribution in [0.3, 0.4) is 0 Å². The van der Waals surface area contributed by atoms with E-state index in [1.807, 2.05) is 18.2 Å². The van der Waals surface area contributed by atoms with E-state index in [0.717, 1.165) is 61.1 Å². The Morgan fingerprint density at radius 2 is 1.94 bits per heavy atom. The average Bonchev–Trinajstić information content (AvgIpc) is 3.52. The van der Waals surface area contributed by atoms with E-state index in [4.69, 9.17) is 14.4 Å². The minimum atomic E-state index is -0.445. The highest BCUT2D eigenvalue weighted by Crippen LogP contribution is 2.27. The molecule has 2 aromatic heterocycles. The second kappa shape index (κ2) is 10.3. The number of rotatable bonds is 8. The number of hydrogen-bond acceptors (Lipinski definition) is 7. The van der Waals surface area contributed by atoms with Crippen LogP contribution < -0.4 is 4.90 Å². The number of benzene rings is 2. The van der Waals surface area contributed by atoms with Gasteiger partial charge in [0.05, 0.1) is 18.2 Å². The maximum atomic E-state index is 12.8. The highest BCUT2D eigenvalue weighted by Gasteiger charge is 2.20. The molecule has 8 nitrogen and oxygen atoms in total. The number of carbonyl (C=O) groups excluding carboxylic acids is 2. The van der Waals surface area contributed by atoms with Crippen molar-refractivity contribution in [2.24, 2.45) is 0 Å². The fourth-order valence-electron chi connectivity index (χ4n) is 4.78. The zero-order valence-corrected chi connectivity index (χ0v) is 20.3. The normalized spacial score (nSPS) is 14.3. The molecule has 1 aliphatic rings. The number of anilines is 1. The molecule has 0 unspecified atom stereocenters. The number of nitriles is 1. The fourth-order valence-corrected chi connectivity index (χ4v) is 4.78. The van der Waals surface area contributed by atoms with Crippen molar-refractivity contribution in [3.63, 3.8) is 0 Å². The molecule has 1 saturated heterocycles. The number of ether oxygens (including phenoxy) is 1. The number of nitrogens with zero attached hydrogens (tertiary/aromatic N) is 3. The van der Waals surface area contributed by atoms with E-state index >= 15 is 0 Å². The van der Waals surface area contributed by atoms with Gasteiger partial charge >= 0.3 is 5.97 Å². The molecule has 0 amide bonds. The van der Waals surface area contributed by atoms with E-state index in [2.05, 4.69) is 26.9 Å². The summed E-state index contributed by atoms with van der Waals surface area (Å²) in [5, 5.41) is 10.9. The molecular formula is C28H28N4O4. The smallest absolute Gasteiger partial charge is 0.374 e. The molecule has 3 heterocycles. The molecule has 1 aliphatic heterocycles. The van der Waals surface area contributed by atoms with Crippen LogP contribution in [0.25, 0.3) is 21.9 Å². The molecule has 1 N–H and O–H groups in total. The van der Waals surface area contributed by atoms with E-state index in [1.54, 1.807) is 31.3 Å². The van der Waals surface area contributed by atoms with Crippen molar-refractivity contribution < 1.29 is 18.7 Å². The molecule has 36 heavy (non-hydrogen) atoms. The van der Waals surface area contributed by atoms with E-state index in [9.17, 15) is 9.59 Å². The summed E-state index contributed by atoms with van der Waals surface area (Å²) in [5.74, 6) is -0.119. The van der Waals surface area contributed by atoms with Crippen LogP contribution in [0.1, 0.15) is 46.2 Å². The molecule has 0 aliphatic carbocycles. The monoisotopic (exact) mass is 484 g/mol. The molecule has 0 atom stereocenters. The van der Waals surface area contributed by atoms with Crippen LogP contribution in [-0.2, 0) is 4.74 Å². The predicted molar refractivity (Wildman–Crippen MR) is 137 cm³/mol. The van der Waals surface area contributed by atoms with Crippen molar-refractivity contribution in [1.82, 2.24) is 9.88 Å². The first kappa shape index (κ1) is 23.6. The van der Waals surface area contributed by atoms with E-state index in [1.165, 1.54) is 0 Å². The van der Waals surface area contributed by atoms with Gasteiger partial charge in [-0.05, 0) is 62.4 Å². The van der Waals surface area contributed by atoms with Gasteiger partial charge in [0, 0.05) is 66.3 Å². The van der Waals surface area contributed by atoms with Gasteiger partial charge in [-0.15, -0.1) is 0 Å². The number of aromatic amines is 1. The fraction of sp³-hybridized carbons (Fsp3) is 0.321. The molecule has 4 aromatic rings. The minimum absolute atomic E-state index is 0.102. The van der Waals surface area contributed by atoms with Gasteiger partial charge in [0.25, 0.3) is 0 Å². The number of piperazine rings is 1. The van der Waals surface area contributed by atoms with Crippen molar-refractivity contribution in [3.8, 4) is 6.07 Å². The molecule has 1 fully saturated rings. The molecule has 5 rings (SSSR count). The van der Waals surface area contributed by atoms with Crippen molar-refractivity contribution in [2.75, 3.05) is 44.2 Å². The third-order valence-corrected chi connectivity index (χ3v) is 6.70. The Balaban J connectivity index is 1.13. The van der Waals surface area contributed by atoms with Gasteiger partial charge in [0.2, 0.25) is 5.76 Å². The number of aromatic nitrogens is 1. The number of Topliss-reactive ketones (excluding diaryl/α,β-unsaturated/α-hetero) is 1. The number of nitrogens with one attached hydrogen (secondary N) is 1. The summed E-state index contributed by atoms with van der Waals surface area (Å²) < 4.78 is 10.7. The van der Waals surface area contributed by atoms with Crippen molar-refractivity contribution in [1.29, 1.82) is 5.26 Å². The summed E-state index contributed by atoms with van der Waals surface area (Å²) in [4.78, 5) is 32.6. The topological polar surface area (TPSA) is 103 Å². The van der Waals surface area contributed by atoms with Gasteiger partial charge in [-0.2, -0.15) is 5.26 Å². The summed E-state index contributed by atoms with van der Waals surface area (Å²) in [7, 11) is 0. The number of H-pyrrole nitrogens is 1. The van der Waals surface area contributed by atoms with Gasteiger partial charge in [-0.25, -0.2) is 4.79 Å². The van der Waals surface area contributed by atoms with Gasteiger partial charge in [-0.1, -0.05) is 0 Å². The van der Waals surface area contributed by atoms with Crippen molar-refractivity contribution in [3.05, 3.63) is 65.5 Å². The molecule has 0 radical (unpaired) electrons. The Bertz CT molecular complexity index is 1450. The Morgan fingerprint density at radius 1 is 1.11 bits per heavy atom. The Labute approximate surface area is 209 Å². The summed E-state index contributed by atoms with van der Waals surface area (Å²) >= 11 is 0. The Kier molecular flexibility index (Phi) is 6.74. The average molecular weight is 485 g/mol. The lowest BCUT2D eigenvalue weighted by atomic mass is 10.0. The summed E-state index contributed by atoms with van der Waals surface area (Å²) in [6.07, 6.45) is 3.02. The van der Waals surface area contributed by atoms with Gasteiger partial charge in [0.15, 0.2) is 5.78 Å². The number of esters is 1. The van der Waals surface area contributed by atoms with Crippen molar-refractivity contribution >= 4 is 39.3 Å². The largest absolute Gasteiger partial charge is 0.460 e. The van der Waals surface area contributed by atoms with Crippen LogP contribution in [0.4, 0.5) is 5.69 Å². The van der Waals surface area contributed by atoms with Crippen LogP contribution in [0, 0.1) is 11.3 Å². The Hall–Kier alpha value is -4.09.